The van der Waals surface area contributed by atoms with Crippen molar-refractivity contribution in [2.75, 3.05) is 0 Å². The van der Waals surface area contributed by atoms with E-state index >= 15 is 0 Å². The molecule has 1 heterocycles. The highest BCUT2D eigenvalue weighted by Gasteiger charge is 2.23. The van der Waals surface area contributed by atoms with Crippen molar-refractivity contribution in [2.45, 2.75) is 70.3 Å². The molecule has 9 heteroatoms. The predicted octanol–water partition coefficient (Wildman–Crippen LogP) is 2.26. The lowest BCUT2D eigenvalue weighted by molar-refractivity contribution is -0.137. The van der Waals surface area contributed by atoms with Gasteiger partial charge in [0.2, 0.25) is 5.89 Å². The van der Waals surface area contributed by atoms with Gasteiger partial charge in [-0.05, 0) is 12.3 Å². The van der Waals surface area contributed by atoms with Crippen LogP contribution in [0.3, 0.4) is 0 Å². The number of nitrogens with zero attached hydrogens (tertiary/aromatic N) is 2. The summed E-state index contributed by atoms with van der Waals surface area (Å²) >= 11 is -2.40. The van der Waals surface area contributed by atoms with E-state index in [0.717, 1.165) is 18.8 Å². The molecule has 0 aromatic carbocycles. The molecule has 0 amide bonds. The number of carboxylic acid groups (broad SMARTS) is 1. The van der Waals surface area contributed by atoms with Crippen molar-refractivity contribution >= 4 is 17.2 Å². The Morgan fingerprint density at radius 3 is 2.83 bits per heavy atom. The summed E-state index contributed by atoms with van der Waals surface area (Å²) in [4.78, 5) is 15.2. The lowest BCUT2D eigenvalue weighted by atomic mass is 9.84. The first kappa shape index (κ1) is 19.0. The average Bonchev–Trinajstić information content (AvgIpc) is 3.01. The number of nitrogens with one attached hydrogen (secondary N) is 1. The molecule has 136 valence electrons. The second-order valence-electron chi connectivity index (χ2n) is 6.33. The highest BCUT2D eigenvalue weighted by atomic mass is 32.2. The Morgan fingerprint density at radius 2 is 2.17 bits per heavy atom. The van der Waals surface area contributed by atoms with E-state index in [-0.39, 0.29) is 30.6 Å². The quantitative estimate of drug-likeness (QED) is 0.614. The zero-order valence-electron chi connectivity index (χ0n) is 13.6. The van der Waals surface area contributed by atoms with E-state index in [1.807, 2.05) is 0 Å². The van der Waals surface area contributed by atoms with Gasteiger partial charge in [-0.3, -0.25) is 9.00 Å². The van der Waals surface area contributed by atoms with Gasteiger partial charge in [-0.25, -0.2) is 4.72 Å². The molecule has 1 aromatic rings. The fourth-order valence-electron chi connectivity index (χ4n) is 3.28. The zero-order chi connectivity index (χ0) is 17.4. The molecule has 2 rings (SSSR count). The Morgan fingerprint density at radius 1 is 1.42 bits per heavy atom. The van der Waals surface area contributed by atoms with Gasteiger partial charge >= 0.3 is 5.97 Å². The van der Waals surface area contributed by atoms with Gasteiger partial charge in [0, 0.05) is 17.2 Å². The first-order valence-electron chi connectivity index (χ1n) is 8.41. The minimum absolute atomic E-state index is 0.0623. The molecule has 8 nitrogen and oxygen atoms in total. The van der Waals surface area contributed by atoms with Crippen LogP contribution in [0.5, 0.6) is 0 Å². The molecule has 2 unspecified atom stereocenters. The molecule has 0 spiro atoms. The standard InChI is InChI=1S/C15H25N3O5S/c19-14(20)9-12(8-4-7-11-5-2-1-3-6-11)15-17-13(18-23-15)10-16-24(21)22/h11-12,16H,1-10H2,(H,19,20)(H,21,22)/p-1. The van der Waals surface area contributed by atoms with Gasteiger partial charge in [-0.15, -0.1) is 0 Å². The molecular weight excluding hydrogens is 334 g/mol. The summed E-state index contributed by atoms with van der Waals surface area (Å²) < 4.78 is 28.2. The van der Waals surface area contributed by atoms with Crippen LogP contribution in [-0.4, -0.2) is 30.0 Å². The van der Waals surface area contributed by atoms with Crippen LogP contribution in [0, 0.1) is 5.92 Å². The molecule has 1 aliphatic carbocycles. The summed E-state index contributed by atoms with van der Waals surface area (Å²) in [7, 11) is 0. The summed E-state index contributed by atoms with van der Waals surface area (Å²) in [6.45, 7) is -0.0680. The van der Waals surface area contributed by atoms with E-state index in [1.165, 1.54) is 32.1 Å². The van der Waals surface area contributed by atoms with Crippen molar-refractivity contribution in [3.8, 4) is 0 Å². The maximum absolute atomic E-state index is 11.1. The monoisotopic (exact) mass is 358 g/mol. The van der Waals surface area contributed by atoms with Gasteiger partial charge in [0.15, 0.2) is 5.82 Å². The van der Waals surface area contributed by atoms with Crippen molar-refractivity contribution in [3.63, 3.8) is 0 Å². The Labute approximate surface area is 143 Å². The van der Waals surface area contributed by atoms with Crippen molar-refractivity contribution in [2.24, 2.45) is 5.92 Å². The van der Waals surface area contributed by atoms with E-state index in [0.29, 0.717) is 6.42 Å². The third kappa shape index (κ3) is 6.66. The highest BCUT2D eigenvalue weighted by molar-refractivity contribution is 7.77. The number of aromatic nitrogens is 2. The molecule has 1 aromatic heterocycles. The van der Waals surface area contributed by atoms with Crippen LogP contribution in [0.4, 0.5) is 0 Å². The molecule has 2 N–H and O–H groups in total. The molecule has 1 fully saturated rings. The van der Waals surface area contributed by atoms with Crippen molar-refractivity contribution in [1.29, 1.82) is 0 Å². The van der Waals surface area contributed by atoms with Crippen molar-refractivity contribution < 1.29 is 23.2 Å². The summed E-state index contributed by atoms with van der Waals surface area (Å²) in [6, 6.07) is 0. The second-order valence-corrected chi connectivity index (χ2v) is 7.09. The molecule has 0 radical (unpaired) electrons. The summed E-state index contributed by atoms with van der Waals surface area (Å²) in [6.07, 6.45) is 9.12. The van der Waals surface area contributed by atoms with Crippen LogP contribution >= 0.6 is 0 Å². The predicted molar refractivity (Wildman–Crippen MR) is 85.5 cm³/mol. The molecule has 1 aliphatic rings. The van der Waals surface area contributed by atoms with E-state index in [4.69, 9.17) is 9.63 Å². The van der Waals surface area contributed by atoms with E-state index < -0.39 is 17.2 Å². The fourth-order valence-corrected chi connectivity index (χ4v) is 3.53. The summed E-state index contributed by atoms with van der Waals surface area (Å²) in [5.74, 6) is -0.00797. The van der Waals surface area contributed by atoms with Crippen LogP contribution < -0.4 is 4.72 Å². The second kappa shape index (κ2) is 9.85. The van der Waals surface area contributed by atoms with Gasteiger partial charge in [0.1, 0.15) is 0 Å². The summed E-state index contributed by atoms with van der Waals surface area (Å²) in [5, 5.41) is 12.8. The number of hydrogen-bond donors (Lipinski definition) is 2. The lowest BCUT2D eigenvalue weighted by Gasteiger charge is -2.21. The number of hydrogen-bond acceptors (Lipinski definition) is 6. The van der Waals surface area contributed by atoms with Crippen molar-refractivity contribution in [3.05, 3.63) is 11.7 Å². The van der Waals surface area contributed by atoms with Crippen LogP contribution in [0.2, 0.25) is 0 Å². The molecule has 0 saturated heterocycles. The number of aliphatic carboxylic acids is 1. The SMILES string of the molecule is O=C(O)CC(CCCC1CCCCC1)c1nc(CNS(=O)[O-])no1. The first-order chi connectivity index (χ1) is 11.5. The molecule has 2 atom stereocenters. The van der Waals surface area contributed by atoms with Crippen LogP contribution in [-0.2, 0) is 22.6 Å². The fraction of sp³-hybridized carbons (Fsp3) is 0.800. The van der Waals surface area contributed by atoms with Gasteiger partial charge in [-0.2, -0.15) is 4.98 Å². The zero-order valence-corrected chi connectivity index (χ0v) is 14.4. The van der Waals surface area contributed by atoms with Gasteiger partial charge in [0.05, 0.1) is 13.0 Å². The molecule has 1 saturated carbocycles. The number of carbonyl (C=O) groups is 1. The highest BCUT2D eigenvalue weighted by Crippen LogP contribution is 2.31. The maximum atomic E-state index is 11.1. The smallest absolute Gasteiger partial charge is 0.304 e. The molecule has 0 aliphatic heterocycles. The number of rotatable bonds is 10. The van der Waals surface area contributed by atoms with Gasteiger partial charge < -0.3 is 14.2 Å². The largest absolute Gasteiger partial charge is 0.760 e. The Balaban J connectivity index is 1.87. The maximum Gasteiger partial charge on any atom is 0.304 e. The van der Waals surface area contributed by atoms with Gasteiger partial charge in [-0.1, -0.05) is 50.1 Å². The minimum Gasteiger partial charge on any atom is -0.760 e. The van der Waals surface area contributed by atoms with Crippen LogP contribution in [0.15, 0.2) is 4.52 Å². The van der Waals surface area contributed by atoms with Crippen LogP contribution in [0.25, 0.3) is 0 Å². The van der Waals surface area contributed by atoms with Crippen LogP contribution in [0.1, 0.15) is 75.4 Å². The Bertz CT molecular complexity index is 545. The number of carboxylic acids is 1. The average molecular weight is 358 g/mol. The van der Waals surface area contributed by atoms with Gasteiger partial charge in [0.25, 0.3) is 0 Å². The minimum atomic E-state index is -2.40. The molecule has 24 heavy (non-hydrogen) atoms. The third-order valence-corrected chi connectivity index (χ3v) is 4.87. The van der Waals surface area contributed by atoms with E-state index in [2.05, 4.69) is 14.9 Å². The Kier molecular flexibility index (Phi) is 7.80. The third-order valence-electron chi connectivity index (χ3n) is 4.49. The van der Waals surface area contributed by atoms with E-state index in [1.54, 1.807) is 0 Å². The first-order valence-corrected chi connectivity index (χ1v) is 9.49. The normalized spacial score (nSPS) is 18.4. The summed E-state index contributed by atoms with van der Waals surface area (Å²) in [5.41, 5.74) is 0. The Hall–Kier alpha value is -1.32. The molecule has 0 bridgehead atoms. The molecular formula is C15H24N3O5S-. The topological polar surface area (TPSA) is 128 Å². The van der Waals surface area contributed by atoms with Crippen molar-refractivity contribution in [1.82, 2.24) is 14.9 Å². The lowest BCUT2D eigenvalue weighted by Crippen LogP contribution is -2.16. The van der Waals surface area contributed by atoms with E-state index in [9.17, 15) is 13.6 Å².